The van der Waals surface area contributed by atoms with Gasteiger partial charge < -0.3 is 20.1 Å². The molecule has 1 aliphatic heterocycles. The number of rotatable bonds is 0. The summed E-state index contributed by atoms with van der Waals surface area (Å²) >= 11 is 0. The summed E-state index contributed by atoms with van der Waals surface area (Å²) in [4.78, 5) is 0. The Balaban J connectivity index is 2.35. The van der Waals surface area contributed by atoms with E-state index in [1.165, 1.54) is 0 Å². The highest BCUT2D eigenvalue weighted by atomic mass is 16.6. The van der Waals surface area contributed by atoms with E-state index in [2.05, 4.69) is 4.74 Å². The van der Waals surface area contributed by atoms with Gasteiger partial charge in [-0.2, -0.15) is 0 Å². The summed E-state index contributed by atoms with van der Waals surface area (Å²) in [7, 11) is 0. The SMILES string of the molecule is OC1C[C@H](O)OC[C@H]1O. The summed E-state index contributed by atoms with van der Waals surface area (Å²) in [6.07, 6.45) is -2.49. The van der Waals surface area contributed by atoms with E-state index in [0.717, 1.165) is 0 Å². The molecule has 1 rings (SSSR count). The van der Waals surface area contributed by atoms with Gasteiger partial charge in [0.15, 0.2) is 6.29 Å². The third-order valence-corrected chi connectivity index (χ3v) is 1.35. The monoisotopic (exact) mass is 134 g/mol. The average molecular weight is 134 g/mol. The zero-order valence-corrected chi connectivity index (χ0v) is 4.90. The fourth-order valence-corrected chi connectivity index (χ4v) is 0.752. The molecular formula is C5H10O4. The lowest BCUT2D eigenvalue weighted by Gasteiger charge is -2.26. The number of aliphatic hydroxyl groups excluding tert-OH is 3. The largest absolute Gasteiger partial charge is 0.390 e. The Morgan fingerprint density at radius 2 is 1.78 bits per heavy atom. The zero-order chi connectivity index (χ0) is 6.85. The Hall–Kier alpha value is -0.160. The lowest BCUT2D eigenvalue weighted by atomic mass is 10.1. The fraction of sp³-hybridized carbons (Fsp3) is 1.00. The topological polar surface area (TPSA) is 69.9 Å². The van der Waals surface area contributed by atoms with Crippen LogP contribution in [0.5, 0.6) is 0 Å². The lowest BCUT2D eigenvalue weighted by molar-refractivity contribution is -0.193. The van der Waals surface area contributed by atoms with Crippen LogP contribution in [0.15, 0.2) is 0 Å². The van der Waals surface area contributed by atoms with Crippen molar-refractivity contribution in [2.45, 2.75) is 24.9 Å². The van der Waals surface area contributed by atoms with Gasteiger partial charge in [-0.25, -0.2) is 0 Å². The first-order valence-electron chi connectivity index (χ1n) is 2.86. The summed E-state index contributed by atoms with van der Waals surface area (Å²) in [6, 6.07) is 0. The smallest absolute Gasteiger partial charge is 0.157 e. The Morgan fingerprint density at radius 3 is 2.22 bits per heavy atom. The number of hydrogen-bond donors (Lipinski definition) is 3. The molecule has 1 unspecified atom stereocenters. The molecule has 0 aromatic heterocycles. The van der Waals surface area contributed by atoms with Gasteiger partial charge in [-0.15, -0.1) is 0 Å². The molecule has 3 N–H and O–H groups in total. The van der Waals surface area contributed by atoms with Gasteiger partial charge in [-0.3, -0.25) is 0 Å². The van der Waals surface area contributed by atoms with Gasteiger partial charge in [-0.05, 0) is 0 Å². The van der Waals surface area contributed by atoms with Crippen LogP contribution in [0.4, 0.5) is 0 Å². The fourth-order valence-electron chi connectivity index (χ4n) is 0.752. The van der Waals surface area contributed by atoms with Crippen LogP contribution in [-0.2, 0) is 4.74 Å². The highest BCUT2D eigenvalue weighted by Crippen LogP contribution is 2.11. The summed E-state index contributed by atoms with van der Waals surface area (Å²) in [5.74, 6) is 0. The van der Waals surface area contributed by atoms with Crippen molar-refractivity contribution in [2.24, 2.45) is 0 Å². The molecule has 0 aliphatic carbocycles. The highest BCUT2D eigenvalue weighted by molar-refractivity contribution is 4.72. The van der Waals surface area contributed by atoms with Crippen LogP contribution >= 0.6 is 0 Å². The van der Waals surface area contributed by atoms with Crippen molar-refractivity contribution >= 4 is 0 Å². The quantitative estimate of drug-likeness (QED) is 0.375. The molecule has 9 heavy (non-hydrogen) atoms. The number of ether oxygens (including phenoxy) is 1. The van der Waals surface area contributed by atoms with Crippen LogP contribution in [0.25, 0.3) is 0 Å². The molecule has 0 amide bonds. The van der Waals surface area contributed by atoms with Crippen LogP contribution in [0, 0.1) is 0 Å². The molecule has 0 aromatic rings. The van der Waals surface area contributed by atoms with E-state index >= 15 is 0 Å². The van der Waals surface area contributed by atoms with E-state index in [4.69, 9.17) is 15.3 Å². The van der Waals surface area contributed by atoms with Crippen LogP contribution in [0.1, 0.15) is 6.42 Å². The number of hydrogen-bond acceptors (Lipinski definition) is 4. The van der Waals surface area contributed by atoms with E-state index in [1.54, 1.807) is 0 Å². The van der Waals surface area contributed by atoms with Gasteiger partial charge in [0, 0.05) is 6.42 Å². The summed E-state index contributed by atoms with van der Waals surface area (Å²) < 4.78 is 4.61. The van der Waals surface area contributed by atoms with Gasteiger partial charge in [0.2, 0.25) is 0 Å². The normalized spacial score (nSPS) is 45.0. The minimum atomic E-state index is -0.914. The van der Waals surface area contributed by atoms with E-state index in [1.807, 2.05) is 0 Å². The highest BCUT2D eigenvalue weighted by Gasteiger charge is 2.26. The molecule has 1 heterocycles. The van der Waals surface area contributed by atoms with E-state index in [0.29, 0.717) is 0 Å². The maximum atomic E-state index is 8.86. The molecular weight excluding hydrogens is 124 g/mol. The van der Waals surface area contributed by atoms with Crippen LogP contribution in [0.3, 0.4) is 0 Å². The lowest BCUT2D eigenvalue weighted by Crippen LogP contribution is -2.40. The first-order valence-corrected chi connectivity index (χ1v) is 2.86. The first kappa shape index (κ1) is 6.95. The van der Waals surface area contributed by atoms with Crippen molar-refractivity contribution in [3.8, 4) is 0 Å². The molecule has 1 fully saturated rings. The third kappa shape index (κ3) is 1.62. The minimum Gasteiger partial charge on any atom is -0.390 e. The molecule has 1 saturated heterocycles. The Bertz CT molecular complexity index is 95.0. The van der Waals surface area contributed by atoms with E-state index in [-0.39, 0.29) is 13.0 Å². The van der Waals surface area contributed by atoms with Gasteiger partial charge in [0.25, 0.3) is 0 Å². The molecule has 0 saturated carbocycles. The third-order valence-electron chi connectivity index (χ3n) is 1.35. The summed E-state index contributed by atoms with van der Waals surface area (Å²) in [6.45, 7) is 0.0162. The Kier molecular flexibility index (Phi) is 2.02. The minimum absolute atomic E-state index is 0.0162. The van der Waals surface area contributed by atoms with Gasteiger partial charge in [-0.1, -0.05) is 0 Å². The summed E-state index contributed by atoms with van der Waals surface area (Å²) in [5.41, 5.74) is 0. The molecule has 4 heteroatoms. The zero-order valence-electron chi connectivity index (χ0n) is 4.90. The Labute approximate surface area is 52.7 Å². The maximum Gasteiger partial charge on any atom is 0.157 e. The predicted molar refractivity (Wildman–Crippen MR) is 28.6 cm³/mol. The number of aliphatic hydroxyl groups is 3. The van der Waals surface area contributed by atoms with Crippen molar-refractivity contribution < 1.29 is 20.1 Å². The average Bonchev–Trinajstić information content (AvgIpc) is 1.80. The second-order valence-electron chi connectivity index (χ2n) is 2.16. The van der Waals surface area contributed by atoms with E-state index in [9.17, 15) is 0 Å². The molecule has 0 bridgehead atoms. The van der Waals surface area contributed by atoms with Gasteiger partial charge in [0.1, 0.15) is 6.10 Å². The van der Waals surface area contributed by atoms with Crippen LogP contribution in [0.2, 0.25) is 0 Å². The van der Waals surface area contributed by atoms with Gasteiger partial charge >= 0.3 is 0 Å². The van der Waals surface area contributed by atoms with Crippen molar-refractivity contribution in [3.05, 3.63) is 0 Å². The molecule has 0 aromatic carbocycles. The second kappa shape index (κ2) is 2.62. The maximum absolute atomic E-state index is 8.86. The van der Waals surface area contributed by atoms with Crippen LogP contribution in [-0.4, -0.2) is 40.4 Å². The molecule has 4 nitrogen and oxygen atoms in total. The molecule has 54 valence electrons. The van der Waals surface area contributed by atoms with E-state index < -0.39 is 18.5 Å². The molecule has 3 atom stereocenters. The van der Waals surface area contributed by atoms with Crippen molar-refractivity contribution in [1.29, 1.82) is 0 Å². The Morgan fingerprint density at radius 1 is 1.11 bits per heavy atom. The van der Waals surface area contributed by atoms with Crippen molar-refractivity contribution in [3.63, 3.8) is 0 Å². The first-order chi connectivity index (χ1) is 4.20. The van der Waals surface area contributed by atoms with Crippen molar-refractivity contribution in [1.82, 2.24) is 0 Å². The van der Waals surface area contributed by atoms with Crippen LogP contribution < -0.4 is 0 Å². The second-order valence-corrected chi connectivity index (χ2v) is 2.16. The van der Waals surface area contributed by atoms with Crippen molar-refractivity contribution in [2.75, 3.05) is 6.61 Å². The summed E-state index contributed by atoms with van der Waals surface area (Å²) in [5, 5.41) is 26.4. The molecule has 1 aliphatic rings. The predicted octanol–water partition coefficient (Wildman–Crippen LogP) is -1.55. The standard InChI is InChI=1S/C5H10O4/c6-3-1-5(8)9-2-4(3)7/h3-8H,1-2H2/t3?,4-,5-/m1/s1. The molecule has 0 spiro atoms. The molecule has 0 radical (unpaired) electrons. The van der Waals surface area contributed by atoms with Gasteiger partial charge in [0.05, 0.1) is 12.7 Å².